The minimum atomic E-state index is -0.470. The zero-order chi connectivity index (χ0) is 23.3. The highest BCUT2D eigenvalue weighted by Crippen LogP contribution is 2.37. The van der Waals surface area contributed by atoms with Crippen molar-refractivity contribution in [2.45, 2.75) is 25.3 Å². The van der Waals surface area contributed by atoms with Crippen molar-refractivity contribution >= 4 is 34.4 Å². The molecule has 2 aromatic heterocycles. The van der Waals surface area contributed by atoms with Gasteiger partial charge in [-0.1, -0.05) is 35.9 Å². The van der Waals surface area contributed by atoms with Gasteiger partial charge in [-0.15, -0.1) is 0 Å². The van der Waals surface area contributed by atoms with E-state index in [9.17, 15) is 14.4 Å². The minimum Gasteiger partial charge on any atom is -0.296 e. The first kappa shape index (κ1) is 21.2. The molecular weight excluding hydrogens is 442 g/mol. The van der Waals surface area contributed by atoms with Crippen molar-refractivity contribution in [3.63, 3.8) is 0 Å². The van der Waals surface area contributed by atoms with Crippen molar-refractivity contribution in [3.8, 4) is 11.1 Å². The Hall–Kier alpha value is -3.65. The molecule has 1 atom stereocenters. The summed E-state index contributed by atoms with van der Waals surface area (Å²) in [5.74, 6) is -1.05. The molecule has 2 aromatic carbocycles. The van der Waals surface area contributed by atoms with Gasteiger partial charge in [-0.05, 0) is 35.7 Å². The molecule has 1 aliphatic rings. The first-order valence-corrected chi connectivity index (χ1v) is 11.0. The van der Waals surface area contributed by atoms with Crippen LogP contribution in [0.4, 0.5) is 0 Å². The van der Waals surface area contributed by atoms with Crippen molar-refractivity contribution in [1.82, 2.24) is 24.2 Å². The molecule has 8 nitrogen and oxygen atoms in total. The Balaban J connectivity index is 1.56. The molecule has 168 valence electrons. The van der Waals surface area contributed by atoms with Crippen LogP contribution in [0.25, 0.3) is 22.2 Å². The summed E-state index contributed by atoms with van der Waals surface area (Å²) in [6.07, 6.45) is 2.56. The monoisotopic (exact) mass is 463 g/mol. The fourth-order valence-corrected chi connectivity index (χ4v) is 4.84. The Morgan fingerprint density at radius 1 is 1.09 bits per heavy atom. The highest BCUT2D eigenvalue weighted by Gasteiger charge is 2.30. The van der Waals surface area contributed by atoms with Gasteiger partial charge in [-0.3, -0.25) is 28.7 Å². The van der Waals surface area contributed by atoms with Gasteiger partial charge >= 0.3 is 5.69 Å². The van der Waals surface area contributed by atoms with Gasteiger partial charge < -0.3 is 0 Å². The minimum absolute atomic E-state index is 0.129. The topological polar surface area (TPSA) is 90.9 Å². The number of imidazole rings is 1. The highest BCUT2D eigenvalue weighted by molar-refractivity contribution is 6.34. The van der Waals surface area contributed by atoms with E-state index in [2.05, 4.69) is 10.4 Å². The van der Waals surface area contributed by atoms with Crippen LogP contribution in [-0.4, -0.2) is 30.7 Å². The lowest BCUT2D eigenvalue weighted by atomic mass is 9.88. The number of amides is 2. The van der Waals surface area contributed by atoms with E-state index in [-0.39, 0.29) is 23.9 Å². The summed E-state index contributed by atoms with van der Waals surface area (Å²) in [7, 11) is 3.58. The average molecular weight is 464 g/mol. The third kappa shape index (κ3) is 3.66. The van der Waals surface area contributed by atoms with E-state index >= 15 is 0 Å². The van der Waals surface area contributed by atoms with Crippen molar-refractivity contribution in [3.05, 3.63) is 75.4 Å². The molecule has 0 spiro atoms. The molecule has 4 aromatic rings. The number of halogens is 1. The van der Waals surface area contributed by atoms with Crippen molar-refractivity contribution in [2.75, 3.05) is 0 Å². The van der Waals surface area contributed by atoms with Crippen molar-refractivity contribution in [1.29, 1.82) is 0 Å². The number of piperidine rings is 1. The molecule has 3 heterocycles. The fraction of sp³-hybridized carbons (Fsp3) is 0.250. The molecular formula is C24H22ClN5O3. The van der Waals surface area contributed by atoms with Gasteiger partial charge in [-0.2, -0.15) is 5.10 Å². The number of rotatable bonds is 4. The van der Waals surface area contributed by atoms with Crippen LogP contribution in [0, 0.1) is 0 Å². The summed E-state index contributed by atoms with van der Waals surface area (Å²) in [5.41, 5.74) is 4.55. The quantitative estimate of drug-likeness (QED) is 0.471. The number of carbonyl (C=O) groups is 2. The number of nitrogens with one attached hydrogen (secondary N) is 1. The van der Waals surface area contributed by atoms with Crippen LogP contribution in [0.15, 0.2) is 53.5 Å². The van der Waals surface area contributed by atoms with E-state index in [4.69, 9.17) is 11.6 Å². The Morgan fingerprint density at radius 3 is 2.64 bits per heavy atom. The van der Waals surface area contributed by atoms with Crippen LogP contribution in [0.5, 0.6) is 0 Å². The number of imide groups is 1. The number of aromatic nitrogens is 4. The summed E-state index contributed by atoms with van der Waals surface area (Å²) in [5, 5.41) is 7.25. The highest BCUT2D eigenvalue weighted by atomic mass is 35.5. The molecule has 0 bridgehead atoms. The molecule has 2 amide bonds. The molecule has 33 heavy (non-hydrogen) atoms. The summed E-state index contributed by atoms with van der Waals surface area (Å²) in [4.78, 5) is 36.8. The van der Waals surface area contributed by atoms with Gasteiger partial charge in [0.1, 0.15) is 0 Å². The lowest BCUT2D eigenvalue weighted by Gasteiger charge is -2.23. The number of hydrogen-bond donors (Lipinski definition) is 1. The second kappa shape index (κ2) is 8.04. The standard InChI is InChI=1S/C24H22ClN5O3/c1-28-11-10-15(27-28)13-30-19-8-6-14(12-20(19)29(2)24(30)33)16-4-3-5-17(22(16)25)18-7-9-21(31)26-23(18)32/h3-6,8,10-12,18H,7,9,13H2,1-2H3,(H,26,31,32). The fourth-order valence-electron chi connectivity index (χ4n) is 4.47. The van der Waals surface area contributed by atoms with Gasteiger partial charge in [0.05, 0.1) is 34.2 Å². The number of aryl methyl sites for hydroxylation is 2. The summed E-state index contributed by atoms with van der Waals surface area (Å²) in [6, 6.07) is 13.2. The smallest absolute Gasteiger partial charge is 0.296 e. The van der Waals surface area contributed by atoms with Crippen LogP contribution >= 0.6 is 11.6 Å². The van der Waals surface area contributed by atoms with Crippen LogP contribution in [-0.2, 0) is 30.2 Å². The van der Waals surface area contributed by atoms with E-state index in [1.165, 1.54) is 0 Å². The molecule has 0 radical (unpaired) electrons. The third-order valence-corrected chi connectivity index (χ3v) is 6.61. The molecule has 0 aliphatic carbocycles. The maximum atomic E-state index is 12.9. The van der Waals surface area contributed by atoms with Crippen LogP contribution in [0.1, 0.15) is 30.0 Å². The summed E-state index contributed by atoms with van der Waals surface area (Å²) >= 11 is 6.77. The second-order valence-electron chi connectivity index (χ2n) is 8.32. The summed E-state index contributed by atoms with van der Waals surface area (Å²) < 4.78 is 5.02. The Kier molecular flexibility index (Phi) is 5.17. The first-order valence-electron chi connectivity index (χ1n) is 10.6. The molecule has 1 N–H and O–H groups in total. The average Bonchev–Trinajstić information content (AvgIpc) is 3.30. The number of benzene rings is 2. The predicted octanol–water partition coefficient (Wildman–Crippen LogP) is 2.96. The molecule has 0 saturated carbocycles. The second-order valence-corrected chi connectivity index (χ2v) is 8.70. The maximum Gasteiger partial charge on any atom is 0.329 e. The zero-order valence-electron chi connectivity index (χ0n) is 18.2. The molecule has 1 fully saturated rings. The summed E-state index contributed by atoms with van der Waals surface area (Å²) in [6.45, 7) is 0.377. The van der Waals surface area contributed by atoms with E-state index in [0.29, 0.717) is 23.6 Å². The third-order valence-electron chi connectivity index (χ3n) is 6.19. The Morgan fingerprint density at radius 2 is 1.91 bits per heavy atom. The normalized spacial score (nSPS) is 16.4. The SMILES string of the molecule is Cn1ccc(Cn2c(=O)n(C)c3cc(-c4cccc(C5CCC(=O)NC5=O)c4Cl)ccc32)n1. The Labute approximate surface area is 194 Å². The number of hydrogen-bond acceptors (Lipinski definition) is 4. The largest absolute Gasteiger partial charge is 0.329 e. The van der Waals surface area contributed by atoms with E-state index in [1.807, 2.05) is 55.7 Å². The molecule has 1 saturated heterocycles. The van der Waals surface area contributed by atoms with E-state index < -0.39 is 5.92 Å². The molecule has 9 heteroatoms. The predicted molar refractivity (Wildman–Crippen MR) is 125 cm³/mol. The first-order chi connectivity index (χ1) is 15.8. The zero-order valence-corrected chi connectivity index (χ0v) is 19.0. The van der Waals surface area contributed by atoms with E-state index in [0.717, 1.165) is 27.9 Å². The number of fused-ring (bicyclic) bond motifs is 1. The van der Waals surface area contributed by atoms with Crippen LogP contribution < -0.4 is 11.0 Å². The molecule has 1 aliphatic heterocycles. The molecule has 5 rings (SSSR count). The number of carbonyl (C=O) groups excluding carboxylic acids is 2. The lowest BCUT2D eigenvalue weighted by Crippen LogP contribution is -2.39. The van der Waals surface area contributed by atoms with Crippen LogP contribution in [0.2, 0.25) is 5.02 Å². The lowest BCUT2D eigenvalue weighted by molar-refractivity contribution is -0.134. The van der Waals surface area contributed by atoms with Gasteiger partial charge in [-0.25, -0.2) is 4.79 Å². The van der Waals surface area contributed by atoms with Gasteiger partial charge in [0.15, 0.2) is 0 Å². The van der Waals surface area contributed by atoms with Gasteiger partial charge in [0.2, 0.25) is 11.8 Å². The van der Waals surface area contributed by atoms with Crippen molar-refractivity contribution < 1.29 is 9.59 Å². The van der Waals surface area contributed by atoms with Gasteiger partial charge in [0, 0.05) is 32.3 Å². The Bertz CT molecular complexity index is 1480. The number of nitrogens with zero attached hydrogens (tertiary/aromatic N) is 4. The van der Waals surface area contributed by atoms with Gasteiger partial charge in [0.25, 0.3) is 0 Å². The molecule has 1 unspecified atom stereocenters. The maximum absolute atomic E-state index is 12.9. The van der Waals surface area contributed by atoms with Crippen molar-refractivity contribution in [2.24, 2.45) is 14.1 Å². The van der Waals surface area contributed by atoms with Crippen LogP contribution in [0.3, 0.4) is 0 Å². The van der Waals surface area contributed by atoms with E-state index in [1.54, 1.807) is 20.9 Å².